The first-order valence-electron chi connectivity index (χ1n) is 7.57. The van der Waals surface area contributed by atoms with Crippen LogP contribution in [-0.2, 0) is 14.3 Å². The number of nitro groups is 1. The Hall–Kier alpha value is -2.66. The predicted molar refractivity (Wildman–Crippen MR) is 96.6 cm³/mol. The summed E-state index contributed by atoms with van der Waals surface area (Å²) < 4.78 is 9.82. The number of hydrogen-bond donors (Lipinski definition) is 2. The van der Waals surface area contributed by atoms with Gasteiger partial charge in [0, 0.05) is 13.5 Å². The lowest BCUT2D eigenvalue weighted by Gasteiger charge is -2.09. The Morgan fingerprint density at radius 2 is 2.23 bits per heavy atom. The molecule has 0 saturated carbocycles. The molecule has 1 aliphatic rings. The Kier molecular flexibility index (Phi) is 6.92. The maximum Gasteiger partial charge on any atom is 0.296 e. The highest BCUT2D eigenvalue weighted by molar-refractivity contribution is 8.15. The van der Waals surface area contributed by atoms with Crippen molar-refractivity contribution < 1.29 is 24.0 Å². The molecule has 10 nitrogen and oxygen atoms in total. The van der Waals surface area contributed by atoms with Gasteiger partial charge < -0.3 is 20.1 Å². The zero-order valence-electron chi connectivity index (χ0n) is 14.2. The SMILES string of the molecule is COCCN=C1NC(=O)C(CC(=O)Nc2ccc(OC)cc2[N+](=O)[O-])S1. The molecule has 1 aliphatic heterocycles. The highest BCUT2D eigenvalue weighted by Crippen LogP contribution is 2.30. The van der Waals surface area contributed by atoms with E-state index in [4.69, 9.17) is 9.47 Å². The molecule has 0 aromatic heterocycles. The zero-order chi connectivity index (χ0) is 19.1. The zero-order valence-corrected chi connectivity index (χ0v) is 15.0. The summed E-state index contributed by atoms with van der Waals surface area (Å²) >= 11 is 1.14. The van der Waals surface area contributed by atoms with Crippen molar-refractivity contribution in [1.82, 2.24) is 5.32 Å². The number of amidine groups is 1. The highest BCUT2D eigenvalue weighted by atomic mass is 32.2. The molecule has 0 spiro atoms. The molecule has 1 heterocycles. The fourth-order valence-corrected chi connectivity index (χ4v) is 3.11. The van der Waals surface area contributed by atoms with Crippen LogP contribution >= 0.6 is 11.8 Å². The molecule has 0 aliphatic carbocycles. The Labute approximate surface area is 153 Å². The second kappa shape index (κ2) is 9.15. The van der Waals surface area contributed by atoms with Gasteiger partial charge in [-0.15, -0.1) is 0 Å². The standard InChI is InChI=1S/C15H18N4O6S/c1-24-6-5-16-15-18-14(21)12(26-15)8-13(20)17-10-4-3-9(25-2)7-11(10)19(22)23/h3-4,7,12H,5-6,8H2,1-2H3,(H,17,20)(H,16,18,21). The van der Waals surface area contributed by atoms with E-state index in [0.717, 1.165) is 11.8 Å². The van der Waals surface area contributed by atoms with Gasteiger partial charge in [0.15, 0.2) is 5.17 Å². The van der Waals surface area contributed by atoms with Gasteiger partial charge in [0.1, 0.15) is 16.7 Å². The van der Waals surface area contributed by atoms with Gasteiger partial charge >= 0.3 is 0 Å². The summed E-state index contributed by atoms with van der Waals surface area (Å²) in [6, 6.07) is 4.10. The summed E-state index contributed by atoms with van der Waals surface area (Å²) in [7, 11) is 2.94. The van der Waals surface area contributed by atoms with Crippen molar-refractivity contribution in [2.24, 2.45) is 4.99 Å². The third-order valence-electron chi connectivity index (χ3n) is 3.37. The number of carbonyl (C=O) groups is 2. The number of carbonyl (C=O) groups excluding carboxylic acids is 2. The summed E-state index contributed by atoms with van der Waals surface area (Å²) in [6.45, 7) is 0.822. The van der Waals surface area contributed by atoms with Crippen molar-refractivity contribution in [3.8, 4) is 5.75 Å². The van der Waals surface area contributed by atoms with Gasteiger partial charge in [-0.05, 0) is 12.1 Å². The molecule has 0 bridgehead atoms. The molecular weight excluding hydrogens is 364 g/mol. The molecular formula is C15H18N4O6S. The quantitative estimate of drug-likeness (QED) is 0.392. The minimum Gasteiger partial charge on any atom is -0.496 e. The number of nitro benzene ring substituents is 1. The number of benzene rings is 1. The van der Waals surface area contributed by atoms with Crippen molar-refractivity contribution >= 4 is 40.1 Å². The fraction of sp³-hybridized carbons (Fsp3) is 0.400. The van der Waals surface area contributed by atoms with Gasteiger partial charge in [0.25, 0.3) is 5.69 Å². The molecule has 2 N–H and O–H groups in total. The number of thioether (sulfide) groups is 1. The molecule has 2 rings (SSSR count). The molecule has 1 aromatic carbocycles. The van der Waals surface area contributed by atoms with Crippen molar-refractivity contribution in [1.29, 1.82) is 0 Å². The van der Waals surface area contributed by atoms with Crippen LogP contribution in [0.15, 0.2) is 23.2 Å². The van der Waals surface area contributed by atoms with Crippen LogP contribution in [0.3, 0.4) is 0 Å². The molecule has 26 heavy (non-hydrogen) atoms. The topological polar surface area (TPSA) is 132 Å². The monoisotopic (exact) mass is 382 g/mol. The van der Waals surface area contributed by atoms with E-state index in [9.17, 15) is 19.7 Å². The van der Waals surface area contributed by atoms with Crippen LogP contribution in [0.5, 0.6) is 5.75 Å². The van der Waals surface area contributed by atoms with Gasteiger partial charge in [-0.3, -0.25) is 24.7 Å². The van der Waals surface area contributed by atoms with Crippen molar-refractivity contribution in [3.05, 3.63) is 28.3 Å². The van der Waals surface area contributed by atoms with Gasteiger partial charge in [-0.2, -0.15) is 0 Å². The molecule has 11 heteroatoms. The van der Waals surface area contributed by atoms with E-state index < -0.39 is 16.1 Å². The lowest BCUT2D eigenvalue weighted by Crippen LogP contribution is -2.28. The Morgan fingerprint density at radius 1 is 1.46 bits per heavy atom. The lowest BCUT2D eigenvalue weighted by atomic mass is 10.2. The maximum atomic E-state index is 12.2. The van der Waals surface area contributed by atoms with Gasteiger partial charge in [0.2, 0.25) is 11.8 Å². The van der Waals surface area contributed by atoms with Crippen molar-refractivity contribution in [2.45, 2.75) is 11.7 Å². The minimum atomic E-state index is -0.645. The third-order valence-corrected chi connectivity index (χ3v) is 4.49. The van der Waals surface area contributed by atoms with E-state index in [2.05, 4.69) is 15.6 Å². The third kappa shape index (κ3) is 5.17. The Morgan fingerprint density at radius 3 is 2.88 bits per heavy atom. The number of anilines is 1. The van der Waals surface area contributed by atoms with Crippen LogP contribution in [-0.4, -0.2) is 54.5 Å². The normalized spacial score (nSPS) is 17.8. The minimum absolute atomic E-state index is 0.0400. The summed E-state index contributed by atoms with van der Waals surface area (Å²) in [5.41, 5.74) is -0.249. The first-order valence-corrected chi connectivity index (χ1v) is 8.45. The van der Waals surface area contributed by atoms with E-state index in [0.29, 0.717) is 24.1 Å². The van der Waals surface area contributed by atoms with Crippen LogP contribution in [0, 0.1) is 10.1 Å². The average molecular weight is 382 g/mol. The van der Waals surface area contributed by atoms with E-state index in [1.54, 1.807) is 7.11 Å². The molecule has 1 unspecified atom stereocenters. The molecule has 1 fully saturated rings. The van der Waals surface area contributed by atoms with Gasteiger partial charge in [0.05, 0.1) is 31.3 Å². The smallest absolute Gasteiger partial charge is 0.296 e. The Balaban J connectivity index is 2.00. The molecule has 2 amide bonds. The van der Waals surface area contributed by atoms with Crippen molar-refractivity contribution in [3.63, 3.8) is 0 Å². The fourth-order valence-electron chi connectivity index (χ4n) is 2.12. The van der Waals surface area contributed by atoms with E-state index in [-0.39, 0.29) is 23.7 Å². The number of aliphatic imine (C=N–C) groups is 1. The number of hydrogen-bond acceptors (Lipinski definition) is 8. The second-order valence-electron chi connectivity index (χ2n) is 5.17. The average Bonchev–Trinajstić information content (AvgIpc) is 2.94. The van der Waals surface area contributed by atoms with E-state index in [1.165, 1.54) is 25.3 Å². The van der Waals surface area contributed by atoms with Gasteiger partial charge in [-0.1, -0.05) is 11.8 Å². The molecule has 1 saturated heterocycles. The molecule has 1 aromatic rings. The summed E-state index contributed by atoms with van der Waals surface area (Å²) in [4.78, 5) is 38.8. The number of nitrogens with zero attached hydrogens (tertiary/aromatic N) is 2. The van der Waals surface area contributed by atoms with Crippen LogP contribution in [0.25, 0.3) is 0 Å². The van der Waals surface area contributed by atoms with E-state index in [1.807, 2.05) is 0 Å². The lowest BCUT2D eigenvalue weighted by molar-refractivity contribution is -0.384. The van der Waals surface area contributed by atoms with Crippen molar-refractivity contribution in [2.75, 3.05) is 32.7 Å². The summed E-state index contributed by atoms with van der Waals surface area (Å²) in [5, 5.41) is 16.0. The van der Waals surface area contributed by atoms with Crippen LogP contribution in [0.2, 0.25) is 0 Å². The highest BCUT2D eigenvalue weighted by Gasteiger charge is 2.32. The number of methoxy groups -OCH3 is 2. The Bertz CT molecular complexity index is 739. The number of nitrogens with one attached hydrogen (secondary N) is 2. The first-order chi connectivity index (χ1) is 12.4. The second-order valence-corrected chi connectivity index (χ2v) is 6.36. The van der Waals surface area contributed by atoms with Crippen LogP contribution < -0.4 is 15.4 Å². The summed E-state index contributed by atoms with van der Waals surface area (Å²) in [5.74, 6) is -0.535. The van der Waals surface area contributed by atoms with Crippen LogP contribution in [0.4, 0.5) is 11.4 Å². The number of amides is 2. The largest absolute Gasteiger partial charge is 0.496 e. The first kappa shape index (κ1) is 19.7. The predicted octanol–water partition coefficient (Wildman–Crippen LogP) is 1.17. The summed E-state index contributed by atoms with van der Waals surface area (Å²) in [6.07, 6.45) is -0.136. The van der Waals surface area contributed by atoms with Gasteiger partial charge in [-0.25, -0.2) is 0 Å². The van der Waals surface area contributed by atoms with E-state index >= 15 is 0 Å². The maximum absolute atomic E-state index is 12.2. The van der Waals surface area contributed by atoms with Crippen LogP contribution in [0.1, 0.15) is 6.42 Å². The number of ether oxygens (including phenoxy) is 2. The molecule has 140 valence electrons. The number of rotatable bonds is 8. The molecule has 0 radical (unpaired) electrons. The molecule has 1 atom stereocenters.